The van der Waals surface area contributed by atoms with Crippen molar-refractivity contribution in [3.8, 4) is 0 Å². The molecule has 21 heavy (non-hydrogen) atoms. The minimum atomic E-state index is -0.453. The second-order valence-corrected chi connectivity index (χ2v) is 5.02. The van der Waals surface area contributed by atoms with E-state index in [2.05, 4.69) is 0 Å². The standard InChI is InChI=1S/C16H10ClF2NO/c17-16-13(9-21)12-7-11(18)5-6-15(12)20(16)8-10-3-1-2-4-14(10)19/h1-7,9H,8H2. The molecule has 0 aliphatic carbocycles. The number of carbonyl (C=O) groups excluding carboxylic acids is 1. The van der Waals surface area contributed by atoms with E-state index in [1.165, 1.54) is 24.3 Å². The third kappa shape index (κ3) is 2.32. The molecular weight excluding hydrogens is 296 g/mol. The molecule has 0 aliphatic heterocycles. The minimum absolute atomic E-state index is 0.168. The smallest absolute Gasteiger partial charge is 0.153 e. The molecule has 0 amide bonds. The third-order valence-corrected chi connectivity index (χ3v) is 3.81. The number of carbonyl (C=O) groups is 1. The summed E-state index contributed by atoms with van der Waals surface area (Å²) in [4.78, 5) is 11.2. The first-order valence-electron chi connectivity index (χ1n) is 6.27. The fourth-order valence-corrected chi connectivity index (χ4v) is 2.68. The van der Waals surface area contributed by atoms with Crippen molar-refractivity contribution in [1.82, 2.24) is 4.57 Å². The number of aldehydes is 1. The first kappa shape index (κ1) is 13.8. The van der Waals surface area contributed by atoms with Gasteiger partial charge in [0.25, 0.3) is 0 Å². The highest BCUT2D eigenvalue weighted by atomic mass is 35.5. The first-order valence-corrected chi connectivity index (χ1v) is 6.65. The highest BCUT2D eigenvalue weighted by Crippen LogP contribution is 2.30. The molecule has 0 unspecified atom stereocenters. The van der Waals surface area contributed by atoms with Gasteiger partial charge in [0.1, 0.15) is 16.8 Å². The molecule has 0 saturated heterocycles. The summed E-state index contributed by atoms with van der Waals surface area (Å²) in [7, 11) is 0. The molecule has 0 spiro atoms. The molecule has 2 aromatic carbocycles. The average molecular weight is 306 g/mol. The van der Waals surface area contributed by atoms with E-state index in [0.29, 0.717) is 22.8 Å². The lowest BCUT2D eigenvalue weighted by atomic mass is 10.2. The van der Waals surface area contributed by atoms with Crippen LogP contribution in [0.2, 0.25) is 5.15 Å². The molecule has 0 aliphatic rings. The molecular formula is C16H10ClF2NO. The van der Waals surface area contributed by atoms with Gasteiger partial charge in [-0.2, -0.15) is 0 Å². The topological polar surface area (TPSA) is 22.0 Å². The second kappa shape index (κ2) is 5.30. The Kier molecular flexibility index (Phi) is 3.47. The Morgan fingerprint density at radius 2 is 1.90 bits per heavy atom. The number of halogens is 3. The van der Waals surface area contributed by atoms with Gasteiger partial charge in [0.05, 0.1) is 17.6 Å². The molecule has 106 valence electrons. The van der Waals surface area contributed by atoms with Crippen molar-refractivity contribution in [2.45, 2.75) is 6.54 Å². The van der Waals surface area contributed by atoms with Crippen molar-refractivity contribution in [1.29, 1.82) is 0 Å². The Morgan fingerprint density at radius 3 is 2.62 bits per heavy atom. The Hall–Kier alpha value is -2.20. The lowest BCUT2D eigenvalue weighted by Gasteiger charge is -2.08. The van der Waals surface area contributed by atoms with Crippen LogP contribution in [-0.4, -0.2) is 10.9 Å². The van der Waals surface area contributed by atoms with Crippen LogP contribution < -0.4 is 0 Å². The number of hydrogen-bond acceptors (Lipinski definition) is 1. The summed E-state index contributed by atoms with van der Waals surface area (Å²) >= 11 is 6.19. The summed E-state index contributed by atoms with van der Waals surface area (Å²) in [6, 6.07) is 10.4. The summed E-state index contributed by atoms with van der Waals surface area (Å²) in [6.45, 7) is 0.168. The highest BCUT2D eigenvalue weighted by Gasteiger charge is 2.16. The van der Waals surface area contributed by atoms with E-state index < -0.39 is 5.82 Å². The van der Waals surface area contributed by atoms with Crippen LogP contribution in [0.3, 0.4) is 0 Å². The van der Waals surface area contributed by atoms with Gasteiger partial charge >= 0.3 is 0 Å². The Balaban J connectivity index is 2.21. The van der Waals surface area contributed by atoms with Crippen LogP contribution >= 0.6 is 11.6 Å². The quantitative estimate of drug-likeness (QED) is 0.656. The molecule has 0 N–H and O–H groups in total. The third-order valence-electron chi connectivity index (χ3n) is 3.40. The average Bonchev–Trinajstić information content (AvgIpc) is 2.73. The van der Waals surface area contributed by atoms with E-state index in [9.17, 15) is 13.6 Å². The van der Waals surface area contributed by atoms with Crippen LogP contribution in [0.15, 0.2) is 42.5 Å². The molecule has 3 rings (SSSR count). The van der Waals surface area contributed by atoms with E-state index >= 15 is 0 Å². The number of nitrogens with zero attached hydrogens (tertiary/aromatic N) is 1. The summed E-state index contributed by atoms with van der Waals surface area (Å²) in [5.74, 6) is -0.810. The van der Waals surface area contributed by atoms with Crippen molar-refractivity contribution in [2.75, 3.05) is 0 Å². The van der Waals surface area contributed by atoms with Crippen molar-refractivity contribution >= 4 is 28.8 Å². The lowest BCUT2D eigenvalue weighted by molar-refractivity contribution is 0.112. The number of benzene rings is 2. The van der Waals surface area contributed by atoms with Gasteiger partial charge in [-0.15, -0.1) is 0 Å². The normalized spacial score (nSPS) is 11.0. The van der Waals surface area contributed by atoms with Crippen LogP contribution in [-0.2, 0) is 6.54 Å². The summed E-state index contributed by atoms with van der Waals surface area (Å²) in [5, 5.41) is 0.597. The Labute approximate surface area is 124 Å². The van der Waals surface area contributed by atoms with Crippen molar-refractivity contribution < 1.29 is 13.6 Å². The van der Waals surface area contributed by atoms with Gasteiger partial charge in [-0.25, -0.2) is 8.78 Å². The van der Waals surface area contributed by atoms with E-state index in [1.807, 2.05) is 0 Å². The molecule has 0 fully saturated rings. The zero-order chi connectivity index (χ0) is 15.0. The van der Waals surface area contributed by atoms with Gasteiger partial charge in [0, 0.05) is 10.9 Å². The summed E-state index contributed by atoms with van der Waals surface area (Å²) in [6.07, 6.45) is 0.585. The molecule has 0 bridgehead atoms. The maximum atomic E-state index is 13.8. The van der Waals surface area contributed by atoms with Gasteiger partial charge in [-0.3, -0.25) is 4.79 Å². The predicted molar refractivity (Wildman–Crippen MR) is 77.8 cm³/mol. The molecule has 2 nitrogen and oxygen atoms in total. The van der Waals surface area contributed by atoms with Crippen molar-refractivity contribution in [3.63, 3.8) is 0 Å². The lowest BCUT2D eigenvalue weighted by Crippen LogP contribution is -2.02. The van der Waals surface area contributed by atoms with Gasteiger partial charge in [-0.05, 0) is 24.3 Å². The first-order chi connectivity index (χ1) is 10.1. The SMILES string of the molecule is O=Cc1c(Cl)n(Cc2ccccc2F)c2ccc(F)cc12. The molecule has 0 saturated carbocycles. The molecule has 5 heteroatoms. The van der Waals surface area contributed by atoms with E-state index in [4.69, 9.17) is 11.6 Å². The van der Waals surface area contributed by atoms with E-state index in [-0.39, 0.29) is 23.1 Å². The Morgan fingerprint density at radius 1 is 1.14 bits per heavy atom. The predicted octanol–water partition coefficient (Wildman–Crippen LogP) is 4.43. The molecule has 0 atom stereocenters. The molecule has 0 radical (unpaired) electrons. The largest absolute Gasteiger partial charge is 0.326 e. The zero-order valence-corrected chi connectivity index (χ0v) is 11.6. The fraction of sp³-hybridized carbons (Fsp3) is 0.0625. The maximum absolute atomic E-state index is 13.8. The van der Waals surface area contributed by atoms with Gasteiger partial charge in [-0.1, -0.05) is 29.8 Å². The van der Waals surface area contributed by atoms with Crippen LogP contribution in [0, 0.1) is 11.6 Å². The number of fused-ring (bicyclic) bond motifs is 1. The van der Waals surface area contributed by atoms with Crippen LogP contribution in [0.1, 0.15) is 15.9 Å². The fourth-order valence-electron chi connectivity index (χ4n) is 2.39. The van der Waals surface area contributed by atoms with Crippen LogP contribution in [0.5, 0.6) is 0 Å². The highest BCUT2D eigenvalue weighted by molar-refractivity contribution is 6.34. The van der Waals surface area contributed by atoms with Crippen molar-refractivity contribution in [3.05, 3.63) is 70.4 Å². The Bertz CT molecular complexity index is 842. The van der Waals surface area contributed by atoms with Crippen LogP contribution in [0.4, 0.5) is 8.78 Å². The number of rotatable bonds is 3. The minimum Gasteiger partial charge on any atom is -0.326 e. The van der Waals surface area contributed by atoms with Crippen molar-refractivity contribution in [2.24, 2.45) is 0 Å². The number of hydrogen-bond donors (Lipinski definition) is 0. The zero-order valence-electron chi connectivity index (χ0n) is 10.8. The van der Waals surface area contributed by atoms with Crippen LogP contribution in [0.25, 0.3) is 10.9 Å². The monoisotopic (exact) mass is 305 g/mol. The maximum Gasteiger partial charge on any atom is 0.153 e. The van der Waals surface area contributed by atoms with Gasteiger partial charge < -0.3 is 4.57 Å². The summed E-state index contributed by atoms with van der Waals surface area (Å²) in [5.41, 5.74) is 1.24. The molecule has 1 heterocycles. The second-order valence-electron chi connectivity index (χ2n) is 4.66. The van der Waals surface area contributed by atoms with E-state index in [1.54, 1.807) is 22.8 Å². The summed E-state index contributed by atoms with van der Waals surface area (Å²) < 4.78 is 28.7. The number of aromatic nitrogens is 1. The molecule has 1 aromatic heterocycles. The van der Waals surface area contributed by atoms with Gasteiger partial charge in [0.15, 0.2) is 6.29 Å². The van der Waals surface area contributed by atoms with Gasteiger partial charge in [0.2, 0.25) is 0 Å². The van der Waals surface area contributed by atoms with E-state index in [0.717, 1.165) is 0 Å². The molecule has 3 aromatic rings.